The van der Waals surface area contributed by atoms with Crippen molar-refractivity contribution in [2.45, 2.75) is 20.3 Å². The van der Waals surface area contributed by atoms with Crippen molar-refractivity contribution >= 4 is 17.5 Å². The number of rotatable bonds is 1. The molecule has 0 bridgehead atoms. The van der Waals surface area contributed by atoms with Gasteiger partial charge in [0.1, 0.15) is 0 Å². The Labute approximate surface area is 117 Å². The molecule has 0 fully saturated rings. The maximum Gasteiger partial charge on any atom is 0.230 e. The summed E-state index contributed by atoms with van der Waals surface area (Å²) in [6.07, 6.45) is 0.763. The van der Waals surface area contributed by atoms with E-state index in [0.717, 1.165) is 17.5 Å². The van der Waals surface area contributed by atoms with Crippen LogP contribution in [0.2, 0.25) is 0 Å². The molecule has 20 heavy (non-hydrogen) atoms. The van der Waals surface area contributed by atoms with E-state index in [4.69, 9.17) is 0 Å². The molecular weight excluding hydrogens is 250 g/mol. The molecule has 3 heteroatoms. The Morgan fingerprint density at radius 3 is 2.25 bits per heavy atom. The van der Waals surface area contributed by atoms with Crippen LogP contribution in [0.5, 0.6) is 0 Å². The van der Waals surface area contributed by atoms with Gasteiger partial charge in [-0.3, -0.25) is 14.5 Å². The van der Waals surface area contributed by atoms with Crippen molar-refractivity contribution in [3.05, 3.63) is 53.6 Å². The van der Waals surface area contributed by atoms with Crippen LogP contribution in [0, 0.1) is 0 Å². The van der Waals surface area contributed by atoms with E-state index < -0.39 is 0 Å². The van der Waals surface area contributed by atoms with E-state index in [0.29, 0.717) is 5.69 Å². The molecule has 2 aromatic carbocycles. The van der Waals surface area contributed by atoms with Crippen molar-refractivity contribution in [3.8, 4) is 11.1 Å². The smallest absolute Gasteiger partial charge is 0.230 e. The number of anilines is 1. The molecule has 0 radical (unpaired) electrons. The predicted molar refractivity (Wildman–Crippen MR) is 78.5 cm³/mol. The first kappa shape index (κ1) is 12.6. The van der Waals surface area contributed by atoms with Gasteiger partial charge in [-0.05, 0) is 28.3 Å². The van der Waals surface area contributed by atoms with Gasteiger partial charge >= 0.3 is 0 Å². The van der Waals surface area contributed by atoms with Crippen LogP contribution in [0.15, 0.2) is 42.5 Å². The lowest BCUT2D eigenvalue weighted by molar-refractivity contribution is -0.124. The molecule has 100 valence electrons. The van der Waals surface area contributed by atoms with Crippen LogP contribution in [0.4, 0.5) is 5.69 Å². The van der Waals surface area contributed by atoms with Gasteiger partial charge in [0.25, 0.3) is 0 Å². The number of amides is 2. The Bertz CT molecular complexity index is 705. The van der Waals surface area contributed by atoms with Gasteiger partial charge in [0.05, 0.1) is 5.69 Å². The topological polar surface area (TPSA) is 37.4 Å². The molecule has 0 aromatic heterocycles. The summed E-state index contributed by atoms with van der Waals surface area (Å²) in [7, 11) is 0. The SMILES string of the molecule is CC(=O)N(C(C)=O)c1cccc2c1Cc1ccccc1-2. The van der Waals surface area contributed by atoms with Crippen LogP contribution in [-0.4, -0.2) is 11.8 Å². The molecule has 3 rings (SSSR count). The molecular formula is C17H15NO2. The average Bonchev–Trinajstić information content (AvgIpc) is 2.78. The van der Waals surface area contributed by atoms with Gasteiger partial charge in [0, 0.05) is 20.3 Å². The first-order valence-corrected chi connectivity index (χ1v) is 6.61. The van der Waals surface area contributed by atoms with E-state index in [1.807, 2.05) is 30.3 Å². The normalized spacial score (nSPS) is 11.7. The monoisotopic (exact) mass is 265 g/mol. The second kappa shape index (κ2) is 4.60. The highest BCUT2D eigenvalue weighted by Gasteiger charge is 2.26. The van der Waals surface area contributed by atoms with Gasteiger partial charge in [-0.2, -0.15) is 0 Å². The lowest BCUT2D eigenvalue weighted by Gasteiger charge is -2.20. The molecule has 0 N–H and O–H groups in total. The number of benzene rings is 2. The highest BCUT2D eigenvalue weighted by atomic mass is 16.2. The Kier molecular flexibility index (Phi) is 2.90. The maximum absolute atomic E-state index is 11.8. The summed E-state index contributed by atoms with van der Waals surface area (Å²) in [6, 6.07) is 14.0. The van der Waals surface area contributed by atoms with E-state index in [2.05, 4.69) is 12.1 Å². The van der Waals surface area contributed by atoms with E-state index in [1.54, 1.807) is 0 Å². The van der Waals surface area contributed by atoms with E-state index in [9.17, 15) is 9.59 Å². The Morgan fingerprint density at radius 2 is 1.55 bits per heavy atom. The molecule has 3 nitrogen and oxygen atoms in total. The van der Waals surface area contributed by atoms with Crippen molar-refractivity contribution in [1.82, 2.24) is 0 Å². The summed E-state index contributed by atoms with van der Waals surface area (Å²) >= 11 is 0. The second-order valence-corrected chi connectivity index (χ2v) is 5.01. The highest BCUT2D eigenvalue weighted by molar-refractivity contribution is 6.14. The largest absolute Gasteiger partial charge is 0.274 e. The number of fused-ring (bicyclic) bond motifs is 3. The average molecular weight is 265 g/mol. The fraction of sp³-hybridized carbons (Fsp3) is 0.176. The summed E-state index contributed by atoms with van der Waals surface area (Å²) in [5.41, 5.74) is 5.31. The Balaban J connectivity index is 2.18. The van der Waals surface area contributed by atoms with Crippen molar-refractivity contribution in [2.24, 2.45) is 0 Å². The van der Waals surface area contributed by atoms with Gasteiger partial charge in [-0.15, -0.1) is 0 Å². The number of carbonyl (C=O) groups is 2. The zero-order valence-electron chi connectivity index (χ0n) is 11.5. The lowest BCUT2D eigenvalue weighted by Crippen LogP contribution is -2.33. The number of imide groups is 1. The first-order chi connectivity index (χ1) is 9.59. The number of nitrogens with zero attached hydrogens (tertiary/aromatic N) is 1. The van der Waals surface area contributed by atoms with Crippen LogP contribution < -0.4 is 4.90 Å². The Hall–Kier alpha value is -2.42. The second-order valence-electron chi connectivity index (χ2n) is 5.01. The van der Waals surface area contributed by atoms with E-state index in [1.165, 1.54) is 29.9 Å². The zero-order chi connectivity index (χ0) is 14.3. The van der Waals surface area contributed by atoms with Crippen molar-refractivity contribution in [3.63, 3.8) is 0 Å². The van der Waals surface area contributed by atoms with Gasteiger partial charge in [-0.25, -0.2) is 0 Å². The van der Waals surface area contributed by atoms with Crippen LogP contribution in [0.3, 0.4) is 0 Å². The summed E-state index contributed by atoms with van der Waals surface area (Å²) in [6.45, 7) is 2.84. The minimum atomic E-state index is -0.248. The zero-order valence-corrected chi connectivity index (χ0v) is 11.5. The third-order valence-electron chi connectivity index (χ3n) is 3.70. The number of hydrogen-bond donors (Lipinski definition) is 0. The van der Waals surface area contributed by atoms with Crippen LogP contribution in [-0.2, 0) is 16.0 Å². The molecule has 0 unspecified atom stereocenters. The van der Waals surface area contributed by atoms with E-state index in [-0.39, 0.29) is 11.8 Å². The third-order valence-corrected chi connectivity index (χ3v) is 3.70. The molecule has 1 aliphatic rings. The summed E-state index contributed by atoms with van der Waals surface area (Å²) in [5.74, 6) is -0.497. The van der Waals surface area contributed by atoms with Crippen molar-refractivity contribution in [2.75, 3.05) is 4.90 Å². The highest BCUT2D eigenvalue weighted by Crippen LogP contribution is 2.41. The molecule has 2 amide bonds. The summed E-state index contributed by atoms with van der Waals surface area (Å²) in [4.78, 5) is 24.8. The van der Waals surface area contributed by atoms with Gasteiger partial charge < -0.3 is 0 Å². The third kappa shape index (κ3) is 1.83. The fourth-order valence-corrected chi connectivity index (χ4v) is 2.91. The molecule has 0 atom stereocenters. The molecule has 0 heterocycles. The van der Waals surface area contributed by atoms with Gasteiger partial charge in [-0.1, -0.05) is 36.4 Å². The van der Waals surface area contributed by atoms with E-state index >= 15 is 0 Å². The quantitative estimate of drug-likeness (QED) is 0.677. The molecule has 0 saturated carbocycles. The molecule has 0 spiro atoms. The first-order valence-electron chi connectivity index (χ1n) is 6.61. The molecule has 0 aliphatic heterocycles. The maximum atomic E-state index is 11.8. The van der Waals surface area contributed by atoms with Crippen LogP contribution >= 0.6 is 0 Å². The van der Waals surface area contributed by atoms with Gasteiger partial charge in [0.2, 0.25) is 11.8 Å². The summed E-state index contributed by atoms with van der Waals surface area (Å²) < 4.78 is 0. The molecule has 1 aliphatic carbocycles. The summed E-state index contributed by atoms with van der Waals surface area (Å²) in [5, 5.41) is 0. The Morgan fingerprint density at radius 1 is 0.900 bits per heavy atom. The molecule has 0 saturated heterocycles. The number of carbonyl (C=O) groups excluding carboxylic acids is 2. The lowest BCUT2D eigenvalue weighted by atomic mass is 10.0. The van der Waals surface area contributed by atoms with Crippen LogP contribution in [0.25, 0.3) is 11.1 Å². The van der Waals surface area contributed by atoms with Gasteiger partial charge in [0.15, 0.2) is 0 Å². The fourth-order valence-electron chi connectivity index (χ4n) is 2.91. The van der Waals surface area contributed by atoms with Crippen LogP contribution in [0.1, 0.15) is 25.0 Å². The standard InChI is InChI=1S/C17H15NO2/c1-11(19)18(12(2)20)17-9-5-8-15-14-7-4-3-6-13(14)10-16(15)17/h3-9H,10H2,1-2H3. The van der Waals surface area contributed by atoms with Crippen molar-refractivity contribution in [1.29, 1.82) is 0 Å². The number of hydrogen-bond acceptors (Lipinski definition) is 2. The minimum absolute atomic E-state index is 0.248. The predicted octanol–water partition coefficient (Wildman–Crippen LogP) is 3.16. The minimum Gasteiger partial charge on any atom is -0.274 e. The van der Waals surface area contributed by atoms with Crippen molar-refractivity contribution < 1.29 is 9.59 Å². The molecule has 2 aromatic rings.